The van der Waals surface area contributed by atoms with Crippen LogP contribution in [0.3, 0.4) is 0 Å². The molecule has 8 heavy (non-hydrogen) atoms. The molecule has 0 saturated carbocycles. The lowest BCUT2D eigenvalue weighted by Crippen LogP contribution is -2.39. The maximum Gasteiger partial charge on any atom is 0.151 e. The van der Waals surface area contributed by atoms with Gasteiger partial charge in [0.05, 0.1) is 0 Å². The Morgan fingerprint density at radius 2 is 2.50 bits per heavy atom. The number of hydrogen-bond donors (Lipinski definition) is 3. The molecule has 0 spiro atoms. The molecule has 4 heteroatoms. The quantitative estimate of drug-likeness (QED) is 0.321. The van der Waals surface area contributed by atoms with Gasteiger partial charge in [-0.25, -0.2) is 0 Å². The van der Waals surface area contributed by atoms with Crippen molar-refractivity contribution in [2.24, 2.45) is 16.5 Å². The zero-order valence-electron chi connectivity index (χ0n) is 4.96. The second-order valence-electron chi connectivity index (χ2n) is 1.26. The molecule has 0 aromatic heterocycles. The van der Waals surface area contributed by atoms with E-state index in [0.717, 1.165) is 0 Å². The van der Waals surface area contributed by atoms with Crippen molar-refractivity contribution < 1.29 is 0 Å². The first-order valence-electron chi connectivity index (χ1n) is 2.48. The second kappa shape index (κ2) is 4.70. The van der Waals surface area contributed by atoms with Crippen LogP contribution in [0, 0.1) is 0 Å². The fraction of sp³-hybridized carbons (Fsp3) is 0.750. The summed E-state index contributed by atoms with van der Waals surface area (Å²) < 4.78 is 0. The van der Waals surface area contributed by atoms with Crippen LogP contribution >= 0.6 is 0 Å². The Bertz CT molecular complexity index is 70.4. The molecule has 0 radical (unpaired) electrons. The Balaban J connectivity index is 3.17. The summed E-state index contributed by atoms with van der Waals surface area (Å²) in [6, 6.07) is 0. The molecular weight excluding hydrogens is 104 g/mol. The van der Waals surface area contributed by atoms with E-state index < -0.39 is 0 Å². The lowest BCUT2D eigenvalue weighted by Gasteiger charge is -2.03. The summed E-state index contributed by atoms with van der Waals surface area (Å²) >= 11 is 0. The molecule has 5 N–H and O–H groups in total. The zero-order chi connectivity index (χ0) is 6.41. The predicted octanol–water partition coefficient (Wildman–Crippen LogP) is -1.17. The van der Waals surface area contributed by atoms with Crippen molar-refractivity contribution >= 4 is 6.21 Å². The van der Waals surface area contributed by atoms with E-state index in [1.807, 2.05) is 0 Å². The van der Waals surface area contributed by atoms with Gasteiger partial charge >= 0.3 is 0 Å². The van der Waals surface area contributed by atoms with Gasteiger partial charge in [-0.05, 0) is 13.1 Å². The minimum absolute atomic E-state index is 0.343. The van der Waals surface area contributed by atoms with E-state index in [1.165, 1.54) is 0 Å². The second-order valence-corrected chi connectivity index (χ2v) is 1.26. The molecule has 48 valence electrons. The molecular formula is C4H12N4. The third-order valence-electron chi connectivity index (χ3n) is 0.637. The summed E-state index contributed by atoms with van der Waals surface area (Å²) in [7, 11) is 0. The molecule has 0 fully saturated rings. The lowest BCUT2D eigenvalue weighted by atomic mass is 10.8. The van der Waals surface area contributed by atoms with E-state index in [-0.39, 0.29) is 6.29 Å². The molecule has 0 bridgehead atoms. The summed E-state index contributed by atoms with van der Waals surface area (Å²) in [6.45, 7) is 2.16. The van der Waals surface area contributed by atoms with Gasteiger partial charge in [0.15, 0.2) is 6.29 Å². The van der Waals surface area contributed by atoms with Gasteiger partial charge in [-0.2, -0.15) is 0 Å². The van der Waals surface area contributed by atoms with Gasteiger partial charge in [0, 0.05) is 6.67 Å². The van der Waals surface area contributed by atoms with Crippen molar-refractivity contribution in [1.82, 2.24) is 5.32 Å². The molecule has 0 heterocycles. The van der Waals surface area contributed by atoms with Crippen LogP contribution in [0.15, 0.2) is 4.99 Å². The van der Waals surface area contributed by atoms with Crippen molar-refractivity contribution in [1.29, 1.82) is 0 Å². The van der Waals surface area contributed by atoms with Gasteiger partial charge in [0.1, 0.15) is 0 Å². The first kappa shape index (κ1) is 7.55. The number of rotatable bonds is 3. The highest BCUT2D eigenvalue weighted by Gasteiger charge is 1.88. The Morgan fingerprint density at radius 1 is 1.88 bits per heavy atom. The molecule has 0 aliphatic rings. The monoisotopic (exact) mass is 116 g/mol. The highest BCUT2D eigenvalue weighted by molar-refractivity contribution is 5.53. The molecule has 0 aromatic carbocycles. The Morgan fingerprint density at radius 3 is 2.88 bits per heavy atom. The average molecular weight is 116 g/mol. The van der Waals surface area contributed by atoms with Crippen LogP contribution in [-0.2, 0) is 0 Å². The van der Waals surface area contributed by atoms with Gasteiger partial charge in [-0.15, -0.1) is 0 Å². The Kier molecular flexibility index (Phi) is 4.44. The maximum absolute atomic E-state index is 5.31. The van der Waals surface area contributed by atoms with E-state index in [0.29, 0.717) is 6.67 Å². The molecule has 1 unspecified atom stereocenters. The normalized spacial score (nSPS) is 14.9. The molecule has 0 aromatic rings. The van der Waals surface area contributed by atoms with Crippen LogP contribution in [0.2, 0.25) is 0 Å². The number of nitrogens with one attached hydrogen (secondary N) is 1. The van der Waals surface area contributed by atoms with Crippen LogP contribution in [0.4, 0.5) is 0 Å². The van der Waals surface area contributed by atoms with E-state index in [2.05, 4.69) is 10.3 Å². The first-order chi connectivity index (χ1) is 3.81. The maximum atomic E-state index is 5.31. The summed E-state index contributed by atoms with van der Waals surface area (Å²) in [5.74, 6) is 0. The molecule has 0 saturated heterocycles. The van der Waals surface area contributed by atoms with Crippen LogP contribution in [0.5, 0.6) is 0 Å². The third-order valence-corrected chi connectivity index (χ3v) is 0.637. The number of nitrogens with two attached hydrogens (primary N) is 2. The van der Waals surface area contributed by atoms with Gasteiger partial charge in [0.2, 0.25) is 0 Å². The number of nitrogens with zero attached hydrogens (tertiary/aromatic N) is 1. The fourth-order valence-corrected chi connectivity index (χ4v) is 0.334. The van der Waals surface area contributed by atoms with Gasteiger partial charge < -0.3 is 5.73 Å². The summed E-state index contributed by atoms with van der Waals surface area (Å²) in [4.78, 5) is 3.78. The molecule has 0 aliphatic carbocycles. The van der Waals surface area contributed by atoms with Gasteiger partial charge in [-0.3, -0.25) is 16.0 Å². The van der Waals surface area contributed by atoms with Crippen molar-refractivity contribution in [3.8, 4) is 0 Å². The summed E-state index contributed by atoms with van der Waals surface area (Å²) in [5, 5.41) is 2.70. The Labute approximate surface area is 49.0 Å². The SMILES string of the molecule is CC=NC(N)NCN. The van der Waals surface area contributed by atoms with Crippen molar-refractivity contribution in [2.75, 3.05) is 6.67 Å². The largest absolute Gasteiger partial charge is 0.318 e. The summed E-state index contributed by atoms with van der Waals surface area (Å²) in [6.07, 6.45) is 1.29. The average Bonchev–Trinajstić information content (AvgIpc) is 1.68. The Hall–Kier alpha value is -0.450. The zero-order valence-corrected chi connectivity index (χ0v) is 4.96. The molecule has 1 atom stereocenters. The van der Waals surface area contributed by atoms with Crippen molar-refractivity contribution in [3.05, 3.63) is 0 Å². The van der Waals surface area contributed by atoms with Crippen LogP contribution in [0.25, 0.3) is 0 Å². The van der Waals surface area contributed by atoms with E-state index in [9.17, 15) is 0 Å². The van der Waals surface area contributed by atoms with Crippen LogP contribution in [0.1, 0.15) is 6.92 Å². The van der Waals surface area contributed by atoms with E-state index in [1.54, 1.807) is 13.1 Å². The van der Waals surface area contributed by atoms with E-state index in [4.69, 9.17) is 11.5 Å². The molecule has 0 aliphatic heterocycles. The number of hydrogen-bond acceptors (Lipinski definition) is 4. The minimum atomic E-state index is -0.343. The molecule has 4 nitrogen and oxygen atoms in total. The molecule has 0 amide bonds. The van der Waals surface area contributed by atoms with Gasteiger partial charge in [-0.1, -0.05) is 0 Å². The lowest BCUT2D eigenvalue weighted by molar-refractivity contribution is 0.561. The van der Waals surface area contributed by atoms with Crippen molar-refractivity contribution in [3.63, 3.8) is 0 Å². The molecule has 0 rings (SSSR count). The van der Waals surface area contributed by atoms with Crippen molar-refractivity contribution in [2.45, 2.75) is 13.2 Å². The van der Waals surface area contributed by atoms with Crippen LogP contribution < -0.4 is 16.8 Å². The van der Waals surface area contributed by atoms with E-state index >= 15 is 0 Å². The van der Waals surface area contributed by atoms with Crippen LogP contribution in [-0.4, -0.2) is 19.2 Å². The summed E-state index contributed by atoms with van der Waals surface area (Å²) in [5.41, 5.74) is 10.4. The number of aliphatic imine (C=N–C) groups is 1. The smallest absolute Gasteiger partial charge is 0.151 e. The highest BCUT2D eigenvalue weighted by Crippen LogP contribution is 1.67. The first-order valence-corrected chi connectivity index (χ1v) is 2.48. The minimum Gasteiger partial charge on any atom is -0.318 e. The van der Waals surface area contributed by atoms with Gasteiger partial charge in [0.25, 0.3) is 0 Å². The topological polar surface area (TPSA) is 76.4 Å². The standard InChI is InChI=1S/C4H12N4/c1-2-7-4(6)8-3-5/h2,4,8H,3,5-6H2,1H3. The fourth-order valence-electron chi connectivity index (χ4n) is 0.334. The highest BCUT2D eigenvalue weighted by atomic mass is 15.2. The third kappa shape index (κ3) is 3.73. The predicted molar refractivity (Wildman–Crippen MR) is 34.3 cm³/mol.